The Labute approximate surface area is 120 Å². The zero-order valence-electron chi connectivity index (χ0n) is 11.1. The Morgan fingerprint density at radius 1 is 1.40 bits per heavy atom. The molecular weight excluding hydrogens is 287 g/mol. The Morgan fingerprint density at radius 2 is 2.15 bits per heavy atom. The largest absolute Gasteiger partial charge is 0.392 e. The highest BCUT2D eigenvalue weighted by molar-refractivity contribution is 7.10. The fourth-order valence-electron chi connectivity index (χ4n) is 3.09. The minimum Gasteiger partial charge on any atom is -0.392 e. The van der Waals surface area contributed by atoms with Crippen LogP contribution in [-0.4, -0.2) is 23.9 Å². The fourth-order valence-corrected chi connectivity index (χ4v) is 3.97. The van der Waals surface area contributed by atoms with Gasteiger partial charge in [-0.15, -0.1) is 11.3 Å². The highest BCUT2D eigenvalue weighted by Gasteiger charge is 2.44. The molecule has 1 saturated carbocycles. The maximum atomic E-state index is 12.8. The van der Waals surface area contributed by atoms with Gasteiger partial charge >= 0.3 is 6.18 Å². The monoisotopic (exact) mass is 307 g/mol. The third-order valence-electron chi connectivity index (χ3n) is 4.24. The lowest BCUT2D eigenvalue weighted by molar-refractivity contribution is -0.189. The fraction of sp³-hybridized carbons (Fsp3) is 0.714. The first-order chi connectivity index (χ1) is 9.43. The molecule has 0 saturated heterocycles. The first-order valence-corrected chi connectivity index (χ1v) is 7.79. The number of aliphatic hydroxyl groups is 1. The average molecular weight is 307 g/mol. The van der Waals surface area contributed by atoms with Gasteiger partial charge in [0.25, 0.3) is 0 Å². The molecule has 2 nitrogen and oxygen atoms in total. The molecule has 0 aromatic carbocycles. The van der Waals surface area contributed by atoms with Crippen molar-refractivity contribution in [1.82, 2.24) is 0 Å². The van der Waals surface area contributed by atoms with Crippen LogP contribution < -0.4 is 5.73 Å². The van der Waals surface area contributed by atoms with Gasteiger partial charge in [0.2, 0.25) is 0 Å². The Balaban J connectivity index is 2.06. The number of halogens is 3. The first-order valence-electron chi connectivity index (χ1n) is 6.91. The van der Waals surface area contributed by atoms with Crippen molar-refractivity contribution in [3.8, 4) is 0 Å². The highest BCUT2D eigenvalue weighted by atomic mass is 32.1. The van der Waals surface area contributed by atoms with Crippen LogP contribution in [0.2, 0.25) is 0 Å². The van der Waals surface area contributed by atoms with Gasteiger partial charge in [-0.3, -0.25) is 0 Å². The van der Waals surface area contributed by atoms with Crippen LogP contribution in [0.1, 0.15) is 36.5 Å². The van der Waals surface area contributed by atoms with Crippen molar-refractivity contribution in [2.75, 3.05) is 6.54 Å². The smallest absolute Gasteiger partial charge is 0.391 e. The molecular formula is C14H20F3NOS. The summed E-state index contributed by atoms with van der Waals surface area (Å²) in [5, 5.41) is 12.3. The van der Waals surface area contributed by atoms with Gasteiger partial charge in [-0.25, -0.2) is 0 Å². The van der Waals surface area contributed by atoms with Gasteiger partial charge < -0.3 is 10.8 Å². The summed E-state index contributed by atoms with van der Waals surface area (Å²) in [6.07, 6.45) is -3.57. The van der Waals surface area contributed by atoms with Gasteiger partial charge in [-0.05, 0) is 36.6 Å². The van der Waals surface area contributed by atoms with Crippen LogP contribution in [-0.2, 0) is 0 Å². The molecule has 20 heavy (non-hydrogen) atoms. The van der Waals surface area contributed by atoms with E-state index in [1.54, 1.807) is 0 Å². The molecule has 0 amide bonds. The summed E-state index contributed by atoms with van der Waals surface area (Å²) in [6.45, 7) is 0.259. The van der Waals surface area contributed by atoms with E-state index < -0.39 is 18.2 Å². The van der Waals surface area contributed by atoms with Gasteiger partial charge in [-0.2, -0.15) is 13.2 Å². The Hall–Kier alpha value is -0.590. The Bertz CT molecular complexity index is 407. The van der Waals surface area contributed by atoms with Gasteiger partial charge in [0.15, 0.2) is 0 Å². The van der Waals surface area contributed by atoms with Crippen molar-refractivity contribution in [2.24, 2.45) is 17.6 Å². The van der Waals surface area contributed by atoms with Gasteiger partial charge in [-0.1, -0.05) is 12.5 Å². The molecule has 1 aliphatic carbocycles. The number of thiophene rings is 1. The topological polar surface area (TPSA) is 46.2 Å². The van der Waals surface area contributed by atoms with Crippen LogP contribution in [0.25, 0.3) is 0 Å². The van der Waals surface area contributed by atoms with Crippen LogP contribution in [0.3, 0.4) is 0 Å². The van der Waals surface area contributed by atoms with Gasteiger partial charge in [0, 0.05) is 17.3 Å². The summed E-state index contributed by atoms with van der Waals surface area (Å²) in [7, 11) is 0. The lowest BCUT2D eigenvalue weighted by Gasteiger charge is -2.35. The number of hydrogen-bond donors (Lipinski definition) is 2. The maximum absolute atomic E-state index is 12.8. The number of alkyl halides is 3. The molecule has 1 fully saturated rings. The summed E-state index contributed by atoms with van der Waals surface area (Å²) in [5.41, 5.74) is 5.72. The molecule has 3 N–H and O–H groups in total. The predicted octanol–water partition coefficient (Wildman–Crippen LogP) is 3.52. The molecule has 0 radical (unpaired) electrons. The van der Waals surface area contributed by atoms with E-state index in [0.29, 0.717) is 12.8 Å². The second-order valence-corrected chi connectivity index (χ2v) is 6.49. The van der Waals surface area contributed by atoms with Gasteiger partial charge in [0.1, 0.15) is 0 Å². The van der Waals surface area contributed by atoms with E-state index >= 15 is 0 Å². The number of hydrogen-bond acceptors (Lipinski definition) is 3. The summed E-state index contributed by atoms with van der Waals surface area (Å²) < 4.78 is 38.5. The van der Waals surface area contributed by atoms with Crippen molar-refractivity contribution in [3.63, 3.8) is 0 Å². The van der Waals surface area contributed by atoms with Crippen molar-refractivity contribution >= 4 is 11.3 Å². The minimum atomic E-state index is -4.15. The van der Waals surface area contributed by atoms with E-state index in [9.17, 15) is 18.3 Å². The van der Waals surface area contributed by atoms with E-state index in [4.69, 9.17) is 5.73 Å². The van der Waals surface area contributed by atoms with Crippen molar-refractivity contribution in [3.05, 3.63) is 22.4 Å². The lowest BCUT2D eigenvalue weighted by atomic mass is 9.75. The first kappa shape index (κ1) is 15.8. The summed E-state index contributed by atoms with van der Waals surface area (Å²) >= 11 is 1.49. The van der Waals surface area contributed by atoms with E-state index in [1.165, 1.54) is 11.3 Å². The van der Waals surface area contributed by atoms with Crippen molar-refractivity contribution in [1.29, 1.82) is 0 Å². The summed E-state index contributed by atoms with van der Waals surface area (Å²) in [4.78, 5) is 0.953. The van der Waals surface area contributed by atoms with Crippen LogP contribution in [0, 0.1) is 11.8 Å². The Morgan fingerprint density at radius 3 is 2.70 bits per heavy atom. The molecule has 4 atom stereocenters. The lowest BCUT2D eigenvalue weighted by Crippen LogP contribution is -2.38. The molecule has 1 heterocycles. The Kier molecular flexibility index (Phi) is 5.09. The highest BCUT2D eigenvalue weighted by Crippen LogP contribution is 2.43. The average Bonchev–Trinajstić information content (AvgIpc) is 2.92. The maximum Gasteiger partial charge on any atom is 0.391 e. The molecule has 2 rings (SSSR count). The molecule has 4 unspecified atom stereocenters. The zero-order valence-corrected chi connectivity index (χ0v) is 12.0. The van der Waals surface area contributed by atoms with Gasteiger partial charge in [0.05, 0.1) is 12.0 Å². The molecule has 114 valence electrons. The second-order valence-electron chi connectivity index (χ2n) is 5.51. The van der Waals surface area contributed by atoms with E-state index in [-0.39, 0.29) is 31.2 Å². The standard InChI is InChI=1S/C14H20F3NOS/c15-14(16,17)10-4-1-3-9(7-10)13(19)11(8-18)12-5-2-6-20-12/h2,5-6,9-11,13,19H,1,3-4,7-8,18H2. The van der Waals surface area contributed by atoms with Crippen LogP contribution in [0.5, 0.6) is 0 Å². The third-order valence-corrected chi connectivity index (χ3v) is 5.24. The predicted molar refractivity (Wildman–Crippen MR) is 73.6 cm³/mol. The molecule has 1 aliphatic rings. The molecule has 1 aromatic rings. The van der Waals surface area contributed by atoms with Crippen LogP contribution in [0.15, 0.2) is 17.5 Å². The zero-order chi connectivity index (χ0) is 14.8. The molecule has 0 spiro atoms. The summed E-state index contributed by atoms with van der Waals surface area (Å²) in [5.74, 6) is -1.85. The normalized spacial score (nSPS) is 27.2. The number of aliphatic hydroxyl groups excluding tert-OH is 1. The second kappa shape index (κ2) is 6.45. The summed E-state index contributed by atoms with van der Waals surface area (Å²) in [6, 6.07) is 3.75. The quantitative estimate of drug-likeness (QED) is 0.894. The van der Waals surface area contributed by atoms with Crippen molar-refractivity contribution in [2.45, 2.75) is 43.9 Å². The van der Waals surface area contributed by atoms with E-state index in [0.717, 1.165) is 4.88 Å². The van der Waals surface area contributed by atoms with Crippen LogP contribution >= 0.6 is 11.3 Å². The molecule has 1 aromatic heterocycles. The number of rotatable bonds is 4. The van der Waals surface area contributed by atoms with Crippen LogP contribution in [0.4, 0.5) is 13.2 Å². The minimum absolute atomic E-state index is 0.0204. The van der Waals surface area contributed by atoms with E-state index in [2.05, 4.69) is 0 Å². The van der Waals surface area contributed by atoms with E-state index in [1.807, 2.05) is 17.5 Å². The molecule has 0 aliphatic heterocycles. The SMILES string of the molecule is NCC(c1cccs1)C(O)C1CCCC(C(F)(F)F)C1. The third kappa shape index (κ3) is 3.54. The number of nitrogens with two attached hydrogens (primary N) is 1. The molecule has 6 heteroatoms. The van der Waals surface area contributed by atoms with Crippen molar-refractivity contribution < 1.29 is 18.3 Å². The molecule has 0 bridgehead atoms.